The summed E-state index contributed by atoms with van der Waals surface area (Å²) < 4.78 is 40.1. The van der Waals surface area contributed by atoms with Crippen molar-refractivity contribution in [1.29, 1.82) is 0 Å². The lowest BCUT2D eigenvalue weighted by atomic mass is 10.1. The normalized spacial score (nSPS) is 11.4. The Bertz CT molecular complexity index is 1270. The number of methoxy groups -OCH3 is 1. The summed E-state index contributed by atoms with van der Waals surface area (Å²) in [5.41, 5.74) is 1.09. The first kappa shape index (κ1) is 27.0. The first-order valence-electron chi connectivity index (χ1n) is 11.2. The second kappa shape index (κ2) is 12.4. The van der Waals surface area contributed by atoms with E-state index in [0.29, 0.717) is 30.2 Å². The number of carboxylic acids is 1. The van der Waals surface area contributed by atoms with Crippen LogP contribution in [0.5, 0.6) is 5.75 Å². The summed E-state index contributed by atoms with van der Waals surface area (Å²) >= 11 is 1.15. The van der Waals surface area contributed by atoms with Gasteiger partial charge in [0.1, 0.15) is 17.4 Å². The van der Waals surface area contributed by atoms with Crippen LogP contribution in [0.3, 0.4) is 0 Å². The Labute approximate surface area is 211 Å². The number of carbonyl (C=O) groups is 2. The Morgan fingerprint density at radius 3 is 2.58 bits per heavy atom. The van der Waals surface area contributed by atoms with Crippen molar-refractivity contribution >= 4 is 34.4 Å². The van der Waals surface area contributed by atoms with Crippen LogP contribution >= 0.6 is 11.3 Å². The number of aliphatic carboxylic acids is 1. The maximum Gasteiger partial charge on any atom is 0.331 e. The van der Waals surface area contributed by atoms with Crippen LogP contribution in [0.1, 0.15) is 48.2 Å². The lowest BCUT2D eigenvalue weighted by Crippen LogP contribution is -2.13. The van der Waals surface area contributed by atoms with Crippen LogP contribution in [0.15, 0.2) is 41.3 Å². The Hall–Kier alpha value is -3.63. The fourth-order valence-corrected chi connectivity index (χ4v) is 4.03. The van der Waals surface area contributed by atoms with Crippen LogP contribution in [0.2, 0.25) is 0 Å². The number of ether oxygens (including phenoxy) is 2. The molecule has 190 valence electrons. The van der Waals surface area contributed by atoms with Gasteiger partial charge in [-0.2, -0.15) is 0 Å². The van der Waals surface area contributed by atoms with Crippen molar-refractivity contribution in [3.05, 3.63) is 69.6 Å². The molecule has 0 aliphatic rings. The molecule has 1 heterocycles. The Morgan fingerprint density at radius 2 is 1.94 bits per heavy atom. The zero-order valence-corrected chi connectivity index (χ0v) is 20.9. The number of unbranched alkanes of at least 4 members (excludes halogenated alkanes) is 1. The molecular weight excluding hydrogens is 490 g/mol. The van der Waals surface area contributed by atoms with E-state index in [4.69, 9.17) is 14.6 Å². The minimum Gasteiger partial charge on any atom is -0.496 e. The average molecular weight is 517 g/mol. The number of carboxylic acid groups (broad SMARTS) is 1. The maximum atomic E-state index is 14.4. The molecular formula is C26H26F2N2O5S. The summed E-state index contributed by atoms with van der Waals surface area (Å²) in [6, 6.07) is 7.30. The second-order valence-corrected chi connectivity index (χ2v) is 8.74. The van der Waals surface area contributed by atoms with E-state index in [1.54, 1.807) is 12.5 Å². The van der Waals surface area contributed by atoms with Crippen molar-refractivity contribution in [2.75, 3.05) is 19.0 Å². The lowest BCUT2D eigenvalue weighted by molar-refractivity contribution is -0.132. The lowest BCUT2D eigenvalue weighted by Gasteiger charge is -2.12. The third-order valence-electron chi connectivity index (χ3n) is 5.24. The highest BCUT2D eigenvalue weighted by Crippen LogP contribution is 2.35. The first-order chi connectivity index (χ1) is 17.2. The standard InChI is InChI=1S/C26H26F2N2O5S/c1-4-5-9-35-13-16-7-6-8-18(23(16)34-3)22-14-36-26(29-22)30-24(31)17-11-20(27)19(21(28)12-17)10-15(2)25(32)33/h6-8,10-12,14H,4-5,9,13H2,1-3H3,(H,32,33)(H,29,30,31). The molecule has 0 fully saturated rings. The van der Waals surface area contributed by atoms with E-state index in [1.165, 1.54) is 6.92 Å². The molecule has 36 heavy (non-hydrogen) atoms. The molecule has 10 heteroatoms. The number of rotatable bonds is 11. The van der Waals surface area contributed by atoms with Gasteiger partial charge in [-0.25, -0.2) is 18.6 Å². The van der Waals surface area contributed by atoms with Crippen molar-refractivity contribution in [2.45, 2.75) is 33.3 Å². The first-order valence-corrected chi connectivity index (χ1v) is 12.0. The molecule has 2 N–H and O–H groups in total. The van der Waals surface area contributed by atoms with Gasteiger partial charge in [0.25, 0.3) is 5.91 Å². The van der Waals surface area contributed by atoms with E-state index < -0.39 is 29.1 Å². The molecule has 1 amide bonds. The maximum absolute atomic E-state index is 14.4. The van der Waals surface area contributed by atoms with E-state index in [0.717, 1.165) is 48.0 Å². The monoisotopic (exact) mass is 516 g/mol. The van der Waals surface area contributed by atoms with Crippen LogP contribution in [-0.2, 0) is 16.1 Å². The number of carbonyl (C=O) groups excluding carboxylic acids is 1. The van der Waals surface area contributed by atoms with Crippen molar-refractivity contribution in [2.24, 2.45) is 0 Å². The Balaban J connectivity index is 1.79. The SMILES string of the molecule is CCCCOCc1cccc(-c2csc(NC(=O)c3cc(F)c(C=C(C)C(=O)O)c(F)c3)n2)c1OC. The molecule has 3 aromatic rings. The van der Waals surface area contributed by atoms with Crippen molar-refractivity contribution in [3.8, 4) is 17.0 Å². The van der Waals surface area contributed by atoms with Gasteiger partial charge in [-0.3, -0.25) is 10.1 Å². The van der Waals surface area contributed by atoms with Crippen LogP contribution in [0.4, 0.5) is 13.9 Å². The van der Waals surface area contributed by atoms with Gasteiger partial charge in [-0.15, -0.1) is 11.3 Å². The zero-order chi connectivity index (χ0) is 26.2. The van der Waals surface area contributed by atoms with E-state index in [9.17, 15) is 18.4 Å². The fraction of sp³-hybridized carbons (Fsp3) is 0.269. The molecule has 0 aliphatic carbocycles. The molecule has 0 saturated carbocycles. The number of thiazole rings is 1. The predicted octanol–water partition coefficient (Wildman–Crippen LogP) is 6.15. The highest BCUT2D eigenvalue weighted by molar-refractivity contribution is 7.14. The van der Waals surface area contributed by atoms with Gasteiger partial charge >= 0.3 is 5.97 Å². The summed E-state index contributed by atoms with van der Waals surface area (Å²) in [5.74, 6) is -3.56. The predicted molar refractivity (Wildman–Crippen MR) is 134 cm³/mol. The van der Waals surface area contributed by atoms with E-state index in [1.807, 2.05) is 18.2 Å². The van der Waals surface area contributed by atoms with Gasteiger partial charge in [0.15, 0.2) is 5.13 Å². The highest BCUT2D eigenvalue weighted by Gasteiger charge is 2.18. The quantitative estimate of drug-likeness (QED) is 0.234. The van der Waals surface area contributed by atoms with Crippen molar-refractivity contribution in [3.63, 3.8) is 0 Å². The number of anilines is 1. The van der Waals surface area contributed by atoms with E-state index in [2.05, 4.69) is 17.2 Å². The summed E-state index contributed by atoms with van der Waals surface area (Å²) in [6.07, 6.45) is 2.87. The van der Waals surface area contributed by atoms with Gasteiger partial charge in [0.05, 0.1) is 19.4 Å². The number of para-hydroxylation sites is 1. The van der Waals surface area contributed by atoms with E-state index >= 15 is 0 Å². The van der Waals surface area contributed by atoms with Gasteiger partial charge in [-0.05, 0) is 37.6 Å². The van der Waals surface area contributed by atoms with Crippen LogP contribution in [0, 0.1) is 11.6 Å². The minimum absolute atomic E-state index is 0.230. The van der Waals surface area contributed by atoms with E-state index in [-0.39, 0.29) is 16.3 Å². The van der Waals surface area contributed by atoms with Gasteiger partial charge < -0.3 is 14.6 Å². The number of aromatic nitrogens is 1. The van der Waals surface area contributed by atoms with Gasteiger partial charge in [0, 0.05) is 39.8 Å². The van der Waals surface area contributed by atoms with Crippen LogP contribution in [-0.4, -0.2) is 35.7 Å². The van der Waals surface area contributed by atoms with Crippen LogP contribution in [0.25, 0.3) is 17.3 Å². The summed E-state index contributed by atoms with van der Waals surface area (Å²) in [4.78, 5) is 28.0. The largest absolute Gasteiger partial charge is 0.496 e. The number of amides is 1. The van der Waals surface area contributed by atoms with Gasteiger partial charge in [0.2, 0.25) is 0 Å². The highest BCUT2D eigenvalue weighted by atomic mass is 32.1. The number of nitrogens with zero attached hydrogens (tertiary/aromatic N) is 1. The molecule has 3 rings (SSSR count). The number of halogens is 2. The smallest absolute Gasteiger partial charge is 0.331 e. The van der Waals surface area contributed by atoms with Crippen molar-refractivity contribution in [1.82, 2.24) is 4.98 Å². The molecule has 0 bridgehead atoms. The molecule has 0 unspecified atom stereocenters. The topological polar surface area (TPSA) is 97.8 Å². The molecule has 0 spiro atoms. The third-order valence-corrected chi connectivity index (χ3v) is 6.00. The molecule has 7 nitrogen and oxygen atoms in total. The average Bonchev–Trinajstić information content (AvgIpc) is 3.31. The minimum atomic E-state index is -1.30. The molecule has 0 aliphatic heterocycles. The molecule has 1 aromatic heterocycles. The Morgan fingerprint density at radius 1 is 1.22 bits per heavy atom. The summed E-state index contributed by atoms with van der Waals surface area (Å²) in [5, 5.41) is 13.4. The number of hydrogen-bond donors (Lipinski definition) is 2. The molecule has 0 radical (unpaired) electrons. The van der Waals surface area contributed by atoms with Gasteiger partial charge in [-0.1, -0.05) is 25.5 Å². The summed E-state index contributed by atoms with van der Waals surface area (Å²) in [6.45, 7) is 4.34. The third kappa shape index (κ3) is 6.52. The molecule has 2 aromatic carbocycles. The summed E-state index contributed by atoms with van der Waals surface area (Å²) in [7, 11) is 1.56. The zero-order valence-electron chi connectivity index (χ0n) is 20.1. The molecule has 0 atom stereocenters. The number of hydrogen-bond acceptors (Lipinski definition) is 6. The number of benzene rings is 2. The van der Waals surface area contributed by atoms with Crippen LogP contribution < -0.4 is 10.1 Å². The molecule has 0 saturated heterocycles. The second-order valence-electron chi connectivity index (χ2n) is 7.88. The Kier molecular flexibility index (Phi) is 9.26. The fourth-order valence-electron chi connectivity index (χ4n) is 3.33. The number of nitrogens with one attached hydrogen (secondary N) is 1. The van der Waals surface area contributed by atoms with Crippen molar-refractivity contribution < 1.29 is 33.0 Å².